The molecule has 1 fully saturated rings. The van der Waals surface area contributed by atoms with Crippen LogP contribution in [0, 0.1) is 0 Å². The Morgan fingerprint density at radius 1 is 1.47 bits per heavy atom. The highest BCUT2D eigenvalue weighted by Crippen LogP contribution is 2.41. The van der Waals surface area contributed by atoms with Crippen LogP contribution in [-0.4, -0.2) is 19.2 Å². The second-order valence-corrected chi connectivity index (χ2v) is 6.22. The maximum Gasteiger partial charge on any atom is 0.179 e. The lowest BCUT2D eigenvalue weighted by atomic mass is 10.2. The Hall–Kier alpha value is -0.940. The quantitative estimate of drug-likeness (QED) is 0.828. The Labute approximate surface area is 89.4 Å². The monoisotopic (exact) mass is 226 g/mol. The first-order valence-corrected chi connectivity index (χ1v) is 6.61. The zero-order chi connectivity index (χ0) is 11.1. The van der Waals surface area contributed by atoms with Crippen LogP contribution in [0.1, 0.15) is 25.5 Å². The fourth-order valence-corrected chi connectivity index (χ4v) is 2.24. The molecule has 1 aliphatic rings. The van der Waals surface area contributed by atoms with Crippen LogP contribution in [0.2, 0.25) is 0 Å². The van der Waals surface area contributed by atoms with Crippen molar-refractivity contribution in [3.63, 3.8) is 0 Å². The molecule has 1 aromatic heterocycles. The average molecular weight is 226 g/mol. The van der Waals surface area contributed by atoms with Crippen LogP contribution in [0.15, 0.2) is 23.2 Å². The topological polar surface area (TPSA) is 73.0 Å². The summed E-state index contributed by atoms with van der Waals surface area (Å²) in [6, 6.07) is 3.31. The summed E-state index contributed by atoms with van der Waals surface area (Å²) in [5, 5.41) is 0. The van der Waals surface area contributed by atoms with Gasteiger partial charge >= 0.3 is 0 Å². The first-order valence-electron chi connectivity index (χ1n) is 4.96. The molecule has 1 aliphatic carbocycles. The van der Waals surface area contributed by atoms with Gasteiger partial charge in [-0.1, -0.05) is 6.92 Å². The van der Waals surface area contributed by atoms with Gasteiger partial charge < -0.3 is 5.73 Å². The molecule has 2 N–H and O–H groups in total. The summed E-state index contributed by atoms with van der Waals surface area (Å²) >= 11 is 0. The summed E-state index contributed by atoms with van der Waals surface area (Å²) in [7, 11) is -3.14. The molecular weight excluding hydrogens is 212 g/mol. The smallest absolute Gasteiger partial charge is 0.179 e. The Kier molecular flexibility index (Phi) is 2.31. The van der Waals surface area contributed by atoms with E-state index < -0.39 is 9.84 Å². The van der Waals surface area contributed by atoms with Gasteiger partial charge in [-0.15, -0.1) is 0 Å². The lowest BCUT2D eigenvalue weighted by molar-refractivity contribution is 0.596. The van der Waals surface area contributed by atoms with Crippen molar-refractivity contribution in [2.75, 3.05) is 5.75 Å². The lowest BCUT2D eigenvalue weighted by Crippen LogP contribution is -2.20. The van der Waals surface area contributed by atoms with Crippen molar-refractivity contribution in [1.29, 1.82) is 0 Å². The minimum Gasteiger partial charge on any atom is -0.320 e. The molecule has 2 rings (SSSR count). The molecule has 5 heteroatoms. The van der Waals surface area contributed by atoms with E-state index in [0.717, 1.165) is 18.5 Å². The maximum absolute atomic E-state index is 11.5. The number of hydrogen-bond donors (Lipinski definition) is 1. The zero-order valence-electron chi connectivity index (χ0n) is 8.60. The maximum atomic E-state index is 11.5. The van der Waals surface area contributed by atoms with Crippen LogP contribution in [0.3, 0.4) is 0 Å². The number of aromatic nitrogens is 1. The SMILES string of the molecule is CCS(=O)(=O)c1ccc(C2(N)CC2)nc1. The third kappa shape index (κ3) is 1.89. The average Bonchev–Trinajstić information content (AvgIpc) is 2.98. The van der Waals surface area contributed by atoms with Crippen molar-refractivity contribution in [2.45, 2.75) is 30.2 Å². The standard InChI is InChI=1S/C10H14N2O2S/c1-2-15(13,14)8-3-4-9(12-7-8)10(11)5-6-10/h3-4,7H,2,5-6,11H2,1H3. The van der Waals surface area contributed by atoms with Gasteiger partial charge in [-0.2, -0.15) is 0 Å². The van der Waals surface area contributed by atoms with E-state index >= 15 is 0 Å². The second kappa shape index (κ2) is 3.28. The van der Waals surface area contributed by atoms with E-state index in [0.29, 0.717) is 0 Å². The van der Waals surface area contributed by atoms with Crippen LogP contribution < -0.4 is 5.73 Å². The molecule has 1 heterocycles. The van der Waals surface area contributed by atoms with E-state index in [1.807, 2.05) is 0 Å². The number of hydrogen-bond acceptors (Lipinski definition) is 4. The minimum absolute atomic E-state index is 0.0990. The molecule has 1 aromatic rings. The molecule has 0 bridgehead atoms. The van der Waals surface area contributed by atoms with Crippen molar-refractivity contribution < 1.29 is 8.42 Å². The van der Waals surface area contributed by atoms with Crippen molar-refractivity contribution >= 4 is 9.84 Å². The fraction of sp³-hybridized carbons (Fsp3) is 0.500. The van der Waals surface area contributed by atoms with E-state index in [4.69, 9.17) is 5.73 Å². The summed E-state index contributed by atoms with van der Waals surface area (Å²) in [4.78, 5) is 4.40. The van der Waals surface area contributed by atoms with E-state index in [-0.39, 0.29) is 16.2 Å². The van der Waals surface area contributed by atoms with E-state index in [1.165, 1.54) is 6.20 Å². The van der Waals surface area contributed by atoms with Crippen LogP contribution in [0.4, 0.5) is 0 Å². The third-order valence-electron chi connectivity index (χ3n) is 2.77. The molecule has 1 saturated carbocycles. The highest BCUT2D eigenvalue weighted by Gasteiger charge is 2.41. The highest BCUT2D eigenvalue weighted by atomic mass is 32.2. The molecular formula is C10H14N2O2S. The summed E-state index contributed by atoms with van der Waals surface area (Å²) in [6.07, 6.45) is 3.26. The van der Waals surface area contributed by atoms with Crippen LogP contribution >= 0.6 is 0 Å². The first-order chi connectivity index (χ1) is 6.98. The molecule has 0 atom stereocenters. The largest absolute Gasteiger partial charge is 0.320 e. The van der Waals surface area contributed by atoms with Gasteiger partial charge in [0.2, 0.25) is 0 Å². The molecule has 0 spiro atoms. The number of nitrogens with two attached hydrogens (primary N) is 1. The fourth-order valence-electron chi connectivity index (χ4n) is 1.42. The Balaban J connectivity index is 2.33. The van der Waals surface area contributed by atoms with Crippen molar-refractivity contribution in [3.05, 3.63) is 24.0 Å². The number of pyridine rings is 1. The molecule has 0 amide bonds. The van der Waals surface area contributed by atoms with Gasteiger partial charge in [0.15, 0.2) is 9.84 Å². The summed E-state index contributed by atoms with van der Waals surface area (Å²) in [5.41, 5.74) is 6.44. The van der Waals surface area contributed by atoms with Gasteiger partial charge in [0.05, 0.1) is 21.9 Å². The highest BCUT2D eigenvalue weighted by molar-refractivity contribution is 7.91. The van der Waals surface area contributed by atoms with Crippen molar-refractivity contribution in [1.82, 2.24) is 4.98 Å². The molecule has 4 nitrogen and oxygen atoms in total. The van der Waals surface area contributed by atoms with E-state index in [9.17, 15) is 8.42 Å². The Morgan fingerprint density at radius 3 is 2.53 bits per heavy atom. The summed E-state index contributed by atoms with van der Waals surface area (Å²) in [5.74, 6) is 0.0990. The van der Waals surface area contributed by atoms with Crippen LogP contribution in [0.25, 0.3) is 0 Å². The molecule has 0 saturated heterocycles. The van der Waals surface area contributed by atoms with Crippen LogP contribution in [0.5, 0.6) is 0 Å². The van der Waals surface area contributed by atoms with Gasteiger partial charge in [-0.3, -0.25) is 4.98 Å². The molecule has 0 aromatic carbocycles. The van der Waals surface area contributed by atoms with Crippen molar-refractivity contribution in [3.8, 4) is 0 Å². The number of rotatable bonds is 3. The lowest BCUT2D eigenvalue weighted by Gasteiger charge is -2.08. The van der Waals surface area contributed by atoms with E-state index in [1.54, 1.807) is 19.1 Å². The molecule has 82 valence electrons. The summed E-state index contributed by atoms with van der Waals surface area (Å²) in [6.45, 7) is 1.62. The van der Waals surface area contributed by atoms with Crippen molar-refractivity contribution in [2.24, 2.45) is 5.73 Å². The van der Waals surface area contributed by atoms with Gasteiger partial charge in [-0.25, -0.2) is 8.42 Å². The number of sulfone groups is 1. The van der Waals surface area contributed by atoms with Gasteiger partial charge in [0.25, 0.3) is 0 Å². The van der Waals surface area contributed by atoms with Crippen LogP contribution in [-0.2, 0) is 15.4 Å². The molecule has 0 radical (unpaired) electrons. The minimum atomic E-state index is -3.14. The molecule has 15 heavy (non-hydrogen) atoms. The second-order valence-electron chi connectivity index (χ2n) is 3.94. The molecule has 0 aliphatic heterocycles. The molecule has 0 unspecified atom stereocenters. The van der Waals surface area contributed by atoms with E-state index in [2.05, 4.69) is 4.98 Å². The van der Waals surface area contributed by atoms with Gasteiger partial charge in [0, 0.05) is 6.20 Å². The zero-order valence-corrected chi connectivity index (χ0v) is 9.42. The number of nitrogens with zero attached hydrogens (tertiary/aromatic N) is 1. The predicted molar refractivity (Wildman–Crippen MR) is 57.1 cm³/mol. The normalized spacial score (nSPS) is 18.8. The Morgan fingerprint density at radius 2 is 2.13 bits per heavy atom. The van der Waals surface area contributed by atoms with Gasteiger partial charge in [-0.05, 0) is 25.0 Å². The third-order valence-corrected chi connectivity index (χ3v) is 4.49. The van der Waals surface area contributed by atoms with Gasteiger partial charge in [0.1, 0.15) is 0 Å². The summed E-state index contributed by atoms with van der Waals surface area (Å²) < 4.78 is 23.0. The Bertz CT molecular complexity index is 461. The first kappa shape index (κ1) is 10.6. The predicted octanol–water partition coefficient (Wildman–Crippen LogP) is 0.823.